The number of hydrogen-bond acceptors (Lipinski definition) is 3. The van der Waals surface area contributed by atoms with E-state index in [9.17, 15) is 8.42 Å². The Labute approximate surface area is 86.2 Å². The summed E-state index contributed by atoms with van der Waals surface area (Å²) in [5.74, 6) is 0.0909. The summed E-state index contributed by atoms with van der Waals surface area (Å²) in [6, 6.07) is 3.29. The van der Waals surface area contributed by atoms with Crippen molar-refractivity contribution in [3.05, 3.63) is 23.9 Å². The molecule has 0 radical (unpaired) electrons. The molecule has 0 N–H and O–H groups in total. The van der Waals surface area contributed by atoms with E-state index in [1.807, 2.05) is 0 Å². The lowest BCUT2D eigenvalue weighted by atomic mass is 10.3. The van der Waals surface area contributed by atoms with Crippen molar-refractivity contribution >= 4 is 25.8 Å². The summed E-state index contributed by atoms with van der Waals surface area (Å²) >= 11 is 3.26. The van der Waals surface area contributed by atoms with Crippen molar-refractivity contribution in [2.75, 3.05) is 5.75 Å². The van der Waals surface area contributed by atoms with Crippen LogP contribution in [0.25, 0.3) is 0 Å². The van der Waals surface area contributed by atoms with E-state index in [0.29, 0.717) is 5.33 Å². The predicted molar refractivity (Wildman–Crippen MR) is 54.6 cm³/mol. The molecule has 13 heavy (non-hydrogen) atoms. The molecule has 0 aliphatic heterocycles. The van der Waals surface area contributed by atoms with Gasteiger partial charge >= 0.3 is 0 Å². The highest BCUT2D eigenvalue weighted by Gasteiger charge is 2.11. The van der Waals surface area contributed by atoms with E-state index in [4.69, 9.17) is 0 Å². The molecular weight excluding hydrogens is 254 g/mol. The van der Waals surface area contributed by atoms with Gasteiger partial charge < -0.3 is 0 Å². The van der Waals surface area contributed by atoms with Crippen molar-refractivity contribution in [1.82, 2.24) is 4.98 Å². The molecule has 1 rings (SSSR count). The minimum atomic E-state index is -3.15. The number of hydrogen-bond donors (Lipinski definition) is 0. The maximum absolute atomic E-state index is 11.3. The van der Waals surface area contributed by atoms with E-state index in [2.05, 4.69) is 20.9 Å². The first-order valence-electron chi connectivity index (χ1n) is 3.84. The van der Waals surface area contributed by atoms with Crippen LogP contribution < -0.4 is 0 Å². The molecule has 3 nitrogen and oxygen atoms in total. The average molecular weight is 264 g/mol. The molecule has 0 amide bonds. The number of aromatic nitrogens is 1. The maximum Gasteiger partial charge on any atom is 0.195 e. The number of nitrogens with zero attached hydrogens (tertiary/aromatic N) is 1. The Hall–Kier alpha value is -0.420. The number of sulfone groups is 1. The number of pyridine rings is 1. The normalized spacial score (nSPS) is 11.5. The largest absolute Gasteiger partial charge is 0.244 e. The van der Waals surface area contributed by atoms with Crippen molar-refractivity contribution in [3.8, 4) is 0 Å². The van der Waals surface area contributed by atoms with Crippen LogP contribution in [0.15, 0.2) is 23.4 Å². The molecule has 1 heterocycles. The Balaban J connectivity index is 3.06. The highest BCUT2D eigenvalue weighted by Crippen LogP contribution is 2.10. The molecule has 0 aromatic carbocycles. The van der Waals surface area contributed by atoms with Gasteiger partial charge in [0.25, 0.3) is 0 Å². The molecule has 1 aromatic rings. The highest BCUT2D eigenvalue weighted by atomic mass is 79.9. The van der Waals surface area contributed by atoms with Gasteiger partial charge in [-0.25, -0.2) is 13.4 Å². The van der Waals surface area contributed by atoms with Gasteiger partial charge in [0.1, 0.15) is 0 Å². The summed E-state index contributed by atoms with van der Waals surface area (Å²) in [6.45, 7) is 1.61. The van der Waals surface area contributed by atoms with Crippen LogP contribution in [0.1, 0.15) is 12.5 Å². The van der Waals surface area contributed by atoms with Crippen molar-refractivity contribution in [2.45, 2.75) is 17.3 Å². The Bertz CT molecular complexity index is 372. The van der Waals surface area contributed by atoms with Gasteiger partial charge in [-0.1, -0.05) is 28.9 Å². The third kappa shape index (κ3) is 2.51. The van der Waals surface area contributed by atoms with Gasteiger partial charge in [-0.05, 0) is 11.6 Å². The molecule has 5 heteroatoms. The summed E-state index contributed by atoms with van der Waals surface area (Å²) in [6.07, 6.45) is 1.57. The molecule has 0 bridgehead atoms. The third-order valence-corrected chi connectivity index (χ3v) is 3.94. The quantitative estimate of drug-likeness (QED) is 0.782. The lowest BCUT2D eigenvalue weighted by Crippen LogP contribution is -2.05. The lowest BCUT2D eigenvalue weighted by Gasteiger charge is -2.00. The molecule has 0 saturated carbocycles. The summed E-state index contributed by atoms with van der Waals surface area (Å²) in [7, 11) is -3.15. The van der Waals surface area contributed by atoms with Crippen LogP contribution in [0.3, 0.4) is 0 Å². The van der Waals surface area contributed by atoms with Gasteiger partial charge in [0, 0.05) is 11.5 Å². The Morgan fingerprint density at radius 2 is 2.15 bits per heavy atom. The number of alkyl halides is 1. The molecule has 72 valence electrons. The van der Waals surface area contributed by atoms with Gasteiger partial charge in [-0.3, -0.25) is 0 Å². The monoisotopic (exact) mass is 263 g/mol. The van der Waals surface area contributed by atoms with Gasteiger partial charge in [0.05, 0.1) is 5.75 Å². The second-order valence-electron chi connectivity index (χ2n) is 2.54. The fourth-order valence-corrected chi connectivity index (χ4v) is 1.94. The standard InChI is InChI=1S/C8H10BrNO2S/c1-2-13(11,12)8-4-3-7(5-9)6-10-8/h3-4,6H,2,5H2,1H3. The first-order valence-corrected chi connectivity index (χ1v) is 6.61. The van der Waals surface area contributed by atoms with Crippen molar-refractivity contribution in [3.63, 3.8) is 0 Å². The molecule has 0 fully saturated rings. The number of halogens is 1. The predicted octanol–water partition coefficient (Wildman–Crippen LogP) is 1.77. The minimum Gasteiger partial charge on any atom is -0.244 e. The van der Waals surface area contributed by atoms with Gasteiger partial charge in [0.2, 0.25) is 0 Å². The van der Waals surface area contributed by atoms with Crippen molar-refractivity contribution < 1.29 is 8.42 Å². The molecule has 0 aliphatic rings. The van der Waals surface area contributed by atoms with Crippen LogP contribution in [-0.2, 0) is 15.2 Å². The van der Waals surface area contributed by atoms with E-state index in [-0.39, 0.29) is 10.8 Å². The molecule has 1 aromatic heterocycles. The smallest absolute Gasteiger partial charge is 0.195 e. The topological polar surface area (TPSA) is 47.0 Å². The third-order valence-electron chi connectivity index (χ3n) is 1.65. The fourth-order valence-electron chi connectivity index (χ4n) is 0.822. The van der Waals surface area contributed by atoms with Crippen LogP contribution in [0, 0.1) is 0 Å². The number of rotatable bonds is 3. The van der Waals surface area contributed by atoms with Crippen molar-refractivity contribution in [2.24, 2.45) is 0 Å². The van der Waals surface area contributed by atoms with E-state index < -0.39 is 9.84 Å². The molecule has 0 atom stereocenters. The van der Waals surface area contributed by atoms with E-state index in [1.165, 1.54) is 6.07 Å². The summed E-state index contributed by atoms with van der Waals surface area (Å²) in [4.78, 5) is 3.87. The minimum absolute atomic E-state index is 0.0909. The van der Waals surface area contributed by atoms with E-state index in [0.717, 1.165) is 5.56 Å². The van der Waals surface area contributed by atoms with E-state index >= 15 is 0 Å². The van der Waals surface area contributed by atoms with Gasteiger partial charge in [-0.15, -0.1) is 0 Å². The maximum atomic E-state index is 11.3. The zero-order valence-electron chi connectivity index (χ0n) is 7.20. The fraction of sp³-hybridized carbons (Fsp3) is 0.375. The first kappa shape index (κ1) is 10.7. The summed E-state index contributed by atoms with van der Waals surface area (Å²) in [5, 5.41) is 0.839. The second-order valence-corrected chi connectivity index (χ2v) is 5.33. The summed E-state index contributed by atoms with van der Waals surface area (Å²) < 4.78 is 22.7. The zero-order chi connectivity index (χ0) is 9.90. The SMILES string of the molecule is CCS(=O)(=O)c1ccc(CBr)cn1. The van der Waals surface area contributed by atoms with Gasteiger partial charge in [0.15, 0.2) is 14.9 Å². The highest BCUT2D eigenvalue weighted by molar-refractivity contribution is 9.08. The van der Waals surface area contributed by atoms with Crippen molar-refractivity contribution in [1.29, 1.82) is 0 Å². The van der Waals surface area contributed by atoms with Crippen LogP contribution >= 0.6 is 15.9 Å². The Morgan fingerprint density at radius 3 is 2.54 bits per heavy atom. The van der Waals surface area contributed by atoms with Crippen LogP contribution in [0.5, 0.6) is 0 Å². The lowest BCUT2D eigenvalue weighted by molar-refractivity contribution is 0.593. The molecule has 0 spiro atoms. The van der Waals surface area contributed by atoms with E-state index in [1.54, 1.807) is 19.2 Å². The molecule has 0 unspecified atom stereocenters. The van der Waals surface area contributed by atoms with Crippen LogP contribution in [0.2, 0.25) is 0 Å². The molecular formula is C8H10BrNO2S. The molecule has 0 saturated heterocycles. The average Bonchev–Trinajstić information content (AvgIpc) is 2.18. The summed E-state index contributed by atoms with van der Waals surface area (Å²) in [5.41, 5.74) is 0.968. The Morgan fingerprint density at radius 1 is 1.46 bits per heavy atom. The van der Waals surface area contributed by atoms with Crippen LogP contribution in [0.4, 0.5) is 0 Å². The zero-order valence-corrected chi connectivity index (χ0v) is 9.60. The van der Waals surface area contributed by atoms with Gasteiger partial charge in [-0.2, -0.15) is 0 Å². The Kier molecular flexibility index (Phi) is 3.44. The van der Waals surface area contributed by atoms with Crippen LogP contribution in [-0.4, -0.2) is 19.2 Å². The molecule has 0 aliphatic carbocycles. The second kappa shape index (κ2) is 4.19. The first-order chi connectivity index (χ1) is 6.10.